The first-order chi connectivity index (χ1) is 10.3. The van der Waals surface area contributed by atoms with Gasteiger partial charge < -0.3 is 9.94 Å². The van der Waals surface area contributed by atoms with Crippen molar-refractivity contribution in [1.82, 2.24) is 4.98 Å². The third-order valence-corrected chi connectivity index (χ3v) is 3.53. The first kappa shape index (κ1) is 13.1. The summed E-state index contributed by atoms with van der Waals surface area (Å²) in [7, 11) is 0. The summed E-state index contributed by atoms with van der Waals surface area (Å²) in [6, 6.07) is 11.4. The van der Waals surface area contributed by atoms with Crippen molar-refractivity contribution in [2.24, 2.45) is 5.16 Å². The summed E-state index contributed by atoms with van der Waals surface area (Å²) in [5.74, 6) is 0.737. The maximum Gasteiger partial charge on any atom is 0.147 e. The minimum absolute atomic E-state index is 0.302. The second kappa shape index (κ2) is 5.63. The van der Waals surface area contributed by atoms with Gasteiger partial charge in [0.15, 0.2) is 0 Å². The van der Waals surface area contributed by atoms with Crippen LogP contribution in [0.2, 0.25) is 0 Å². The lowest BCUT2D eigenvalue weighted by atomic mass is 10.1. The van der Waals surface area contributed by atoms with Gasteiger partial charge in [0.1, 0.15) is 24.1 Å². The summed E-state index contributed by atoms with van der Waals surface area (Å²) in [6.07, 6.45) is 3.19. The SMILES string of the molecule is N#Cc1ncccc1COc1ccc2c(c1)CC/C2=N/O. The van der Waals surface area contributed by atoms with Crippen LogP contribution in [0.15, 0.2) is 41.7 Å². The van der Waals surface area contributed by atoms with Crippen molar-refractivity contribution in [1.29, 1.82) is 5.26 Å². The van der Waals surface area contributed by atoms with Crippen LogP contribution in [-0.2, 0) is 13.0 Å². The van der Waals surface area contributed by atoms with Gasteiger partial charge in [-0.3, -0.25) is 0 Å². The van der Waals surface area contributed by atoms with Gasteiger partial charge in [-0.05, 0) is 42.7 Å². The third kappa shape index (κ3) is 2.56. The number of nitriles is 1. The zero-order valence-electron chi connectivity index (χ0n) is 11.3. The van der Waals surface area contributed by atoms with Gasteiger partial charge in [-0.25, -0.2) is 4.98 Å². The minimum Gasteiger partial charge on any atom is -0.489 e. The van der Waals surface area contributed by atoms with Gasteiger partial charge in [0.05, 0.1) is 5.71 Å². The van der Waals surface area contributed by atoms with Gasteiger partial charge in [-0.1, -0.05) is 11.2 Å². The second-order valence-corrected chi connectivity index (χ2v) is 4.78. The topological polar surface area (TPSA) is 78.5 Å². The number of rotatable bonds is 3. The number of nitrogens with zero attached hydrogens (tertiary/aromatic N) is 3. The molecule has 3 rings (SSSR count). The summed E-state index contributed by atoms with van der Waals surface area (Å²) in [4.78, 5) is 4.00. The summed E-state index contributed by atoms with van der Waals surface area (Å²) in [6.45, 7) is 0.302. The van der Waals surface area contributed by atoms with Crippen molar-refractivity contribution < 1.29 is 9.94 Å². The smallest absolute Gasteiger partial charge is 0.147 e. The lowest BCUT2D eigenvalue weighted by Gasteiger charge is -2.08. The van der Waals surface area contributed by atoms with E-state index in [2.05, 4.69) is 16.2 Å². The van der Waals surface area contributed by atoms with Crippen LogP contribution in [0.5, 0.6) is 5.75 Å². The highest BCUT2D eigenvalue weighted by Crippen LogP contribution is 2.27. The van der Waals surface area contributed by atoms with Crippen molar-refractivity contribution >= 4 is 5.71 Å². The molecule has 0 fully saturated rings. The monoisotopic (exact) mass is 279 g/mol. The van der Waals surface area contributed by atoms with Crippen LogP contribution in [0.4, 0.5) is 0 Å². The Morgan fingerprint density at radius 2 is 2.24 bits per heavy atom. The molecule has 5 nitrogen and oxygen atoms in total. The van der Waals surface area contributed by atoms with E-state index in [0.29, 0.717) is 12.3 Å². The number of pyridine rings is 1. The molecular weight excluding hydrogens is 266 g/mol. The zero-order chi connectivity index (χ0) is 14.7. The number of fused-ring (bicyclic) bond motifs is 1. The van der Waals surface area contributed by atoms with E-state index in [-0.39, 0.29) is 0 Å². The average Bonchev–Trinajstić information content (AvgIpc) is 2.95. The Hall–Kier alpha value is -2.87. The molecule has 0 spiro atoms. The molecule has 2 aromatic rings. The average molecular weight is 279 g/mol. The van der Waals surface area contributed by atoms with Crippen molar-refractivity contribution in [2.45, 2.75) is 19.4 Å². The Morgan fingerprint density at radius 1 is 1.33 bits per heavy atom. The van der Waals surface area contributed by atoms with Gasteiger partial charge in [0.25, 0.3) is 0 Å². The highest BCUT2D eigenvalue weighted by Gasteiger charge is 2.18. The Kier molecular flexibility index (Phi) is 3.52. The molecule has 1 heterocycles. The maximum absolute atomic E-state index is 8.99. The molecule has 0 saturated heterocycles. The maximum atomic E-state index is 8.99. The van der Waals surface area contributed by atoms with Crippen LogP contribution in [-0.4, -0.2) is 15.9 Å². The molecular formula is C16H13N3O2. The fraction of sp³-hybridized carbons (Fsp3) is 0.188. The minimum atomic E-state index is 0.302. The standard InChI is InChI=1S/C16H13N3O2/c17-9-16-12(2-1-7-18-16)10-21-13-4-5-14-11(8-13)3-6-15(14)19-20/h1-2,4-5,7-8,20H,3,6,10H2/b19-15-. The van der Waals surface area contributed by atoms with Gasteiger partial charge >= 0.3 is 0 Å². The fourth-order valence-electron chi connectivity index (χ4n) is 2.46. The van der Waals surface area contributed by atoms with Crippen LogP contribution in [0, 0.1) is 11.3 Å². The molecule has 1 aromatic heterocycles. The van der Waals surface area contributed by atoms with E-state index >= 15 is 0 Å². The van der Waals surface area contributed by atoms with E-state index in [0.717, 1.165) is 41.0 Å². The van der Waals surface area contributed by atoms with Gasteiger partial charge in [0, 0.05) is 17.3 Å². The number of aromatic nitrogens is 1. The van der Waals surface area contributed by atoms with E-state index in [1.54, 1.807) is 12.3 Å². The number of hydrogen-bond acceptors (Lipinski definition) is 5. The highest BCUT2D eigenvalue weighted by molar-refractivity contribution is 6.04. The van der Waals surface area contributed by atoms with E-state index in [4.69, 9.17) is 15.2 Å². The molecule has 1 aliphatic carbocycles. The molecule has 0 aliphatic heterocycles. The zero-order valence-corrected chi connectivity index (χ0v) is 11.3. The third-order valence-electron chi connectivity index (χ3n) is 3.53. The lowest BCUT2D eigenvalue weighted by Crippen LogP contribution is -2.00. The quantitative estimate of drug-likeness (QED) is 0.692. The fourth-order valence-corrected chi connectivity index (χ4v) is 2.46. The first-order valence-electron chi connectivity index (χ1n) is 6.63. The van der Waals surface area contributed by atoms with Crippen LogP contribution in [0.1, 0.15) is 28.8 Å². The molecule has 0 saturated carbocycles. The van der Waals surface area contributed by atoms with Crippen LogP contribution in [0.3, 0.4) is 0 Å². The summed E-state index contributed by atoms with van der Waals surface area (Å²) in [5.41, 5.74) is 3.96. The predicted molar refractivity (Wildman–Crippen MR) is 76.4 cm³/mol. The Morgan fingerprint density at radius 3 is 3.05 bits per heavy atom. The molecule has 0 bridgehead atoms. The van der Waals surface area contributed by atoms with Crippen LogP contribution in [0.25, 0.3) is 0 Å². The normalized spacial score (nSPS) is 14.7. The molecule has 21 heavy (non-hydrogen) atoms. The van der Waals surface area contributed by atoms with Crippen molar-refractivity contribution in [2.75, 3.05) is 0 Å². The Labute approximate surface area is 122 Å². The Bertz CT molecular complexity index is 747. The number of benzene rings is 1. The molecule has 0 atom stereocenters. The predicted octanol–water partition coefficient (Wildman–Crippen LogP) is 2.66. The molecule has 1 aliphatic rings. The highest BCUT2D eigenvalue weighted by atomic mass is 16.5. The molecule has 104 valence electrons. The molecule has 5 heteroatoms. The lowest BCUT2D eigenvalue weighted by molar-refractivity contribution is 0.305. The van der Waals surface area contributed by atoms with Gasteiger partial charge in [-0.2, -0.15) is 5.26 Å². The van der Waals surface area contributed by atoms with Crippen molar-refractivity contribution in [3.63, 3.8) is 0 Å². The van der Waals surface area contributed by atoms with Gasteiger partial charge in [-0.15, -0.1) is 0 Å². The van der Waals surface area contributed by atoms with Crippen molar-refractivity contribution in [3.05, 3.63) is 58.9 Å². The largest absolute Gasteiger partial charge is 0.489 e. The molecule has 0 unspecified atom stereocenters. The van der Waals surface area contributed by atoms with Crippen LogP contribution >= 0.6 is 0 Å². The van der Waals surface area contributed by atoms with E-state index in [1.807, 2.05) is 24.3 Å². The van der Waals surface area contributed by atoms with Crippen LogP contribution < -0.4 is 4.74 Å². The molecule has 0 amide bonds. The molecule has 1 N–H and O–H groups in total. The number of hydrogen-bond donors (Lipinski definition) is 1. The molecule has 0 radical (unpaired) electrons. The summed E-state index contributed by atoms with van der Waals surface area (Å²) < 4.78 is 5.74. The second-order valence-electron chi connectivity index (χ2n) is 4.78. The number of aryl methyl sites for hydroxylation is 1. The first-order valence-corrected chi connectivity index (χ1v) is 6.63. The van der Waals surface area contributed by atoms with E-state index < -0.39 is 0 Å². The Balaban J connectivity index is 1.77. The van der Waals surface area contributed by atoms with Crippen molar-refractivity contribution in [3.8, 4) is 11.8 Å². The number of oxime groups is 1. The number of ether oxygens (including phenoxy) is 1. The molecule has 1 aromatic carbocycles. The van der Waals surface area contributed by atoms with Gasteiger partial charge in [0.2, 0.25) is 0 Å². The van der Waals surface area contributed by atoms with E-state index in [9.17, 15) is 0 Å². The summed E-state index contributed by atoms with van der Waals surface area (Å²) >= 11 is 0. The van der Waals surface area contributed by atoms with E-state index in [1.165, 1.54) is 0 Å². The summed E-state index contributed by atoms with van der Waals surface area (Å²) in [5, 5.41) is 21.2.